The summed E-state index contributed by atoms with van der Waals surface area (Å²) in [6.45, 7) is 1.86. The largest absolute Gasteiger partial charge is 0.573 e. The van der Waals surface area contributed by atoms with Crippen molar-refractivity contribution in [2.24, 2.45) is 5.92 Å². The number of alkyl halides is 3. The Morgan fingerprint density at radius 3 is 2.29 bits per heavy atom. The number of nitrogens with one attached hydrogen (secondary N) is 1. The maximum absolute atomic E-state index is 12.4. The van der Waals surface area contributed by atoms with Gasteiger partial charge in [0, 0.05) is 23.9 Å². The van der Waals surface area contributed by atoms with Gasteiger partial charge >= 0.3 is 12.3 Å². The molecule has 10 heteroatoms. The summed E-state index contributed by atoms with van der Waals surface area (Å²) in [6.07, 6.45) is -2.86. The van der Waals surface area contributed by atoms with E-state index in [0.717, 1.165) is 11.1 Å². The molecule has 0 radical (unpaired) electrons. The number of aliphatic carboxylic acids is 1. The summed E-state index contributed by atoms with van der Waals surface area (Å²) < 4.78 is 52.2. The van der Waals surface area contributed by atoms with Crippen LogP contribution in [0.3, 0.4) is 0 Å². The van der Waals surface area contributed by atoms with Crippen LogP contribution in [0.5, 0.6) is 17.2 Å². The summed E-state index contributed by atoms with van der Waals surface area (Å²) in [6, 6.07) is 12.9. The van der Waals surface area contributed by atoms with Crippen molar-refractivity contribution >= 4 is 11.8 Å². The Bertz CT molecular complexity index is 1140. The second-order valence-corrected chi connectivity index (χ2v) is 7.78. The zero-order valence-electron chi connectivity index (χ0n) is 19.3. The van der Waals surface area contributed by atoms with Crippen molar-refractivity contribution < 1.29 is 37.3 Å². The first kappa shape index (κ1) is 25.7. The Kier molecular flexibility index (Phi) is 8.06. The third-order valence-corrected chi connectivity index (χ3v) is 5.24. The lowest BCUT2D eigenvalue weighted by Gasteiger charge is -2.17. The van der Waals surface area contributed by atoms with Crippen molar-refractivity contribution in [1.82, 2.24) is 4.98 Å². The molecule has 2 aromatic carbocycles. The lowest BCUT2D eigenvalue weighted by Crippen LogP contribution is -2.17. The van der Waals surface area contributed by atoms with Gasteiger partial charge in [-0.3, -0.25) is 4.79 Å². The topological polar surface area (TPSA) is 89.9 Å². The van der Waals surface area contributed by atoms with Crippen LogP contribution in [-0.2, 0) is 17.8 Å². The fraction of sp³-hybridized carbons (Fsp3) is 0.280. The summed E-state index contributed by atoms with van der Waals surface area (Å²) in [4.78, 5) is 15.7. The molecule has 1 heterocycles. The molecule has 186 valence electrons. The number of nitrogens with zero attached hydrogens (tertiary/aromatic N) is 1. The highest BCUT2D eigenvalue weighted by Crippen LogP contribution is 2.36. The Morgan fingerprint density at radius 2 is 1.74 bits per heavy atom. The molecular weight excluding hydrogens is 465 g/mol. The third-order valence-electron chi connectivity index (χ3n) is 5.24. The first-order valence-electron chi connectivity index (χ1n) is 10.6. The van der Waals surface area contributed by atoms with Crippen LogP contribution < -0.4 is 19.5 Å². The van der Waals surface area contributed by atoms with E-state index in [0.29, 0.717) is 28.4 Å². The Morgan fingerprint density at radius 1 is 1.06 bits per heavy atom. The second kappa shape index (κ2) is 11.0. The number of carboxylic acids is 1. The molecule has 0 spiro atoms. The zero-order chi connectivity index (χ0) is 25.6. The van der Waals surface area contributed by atoms with Gasteiger partial charge in [0.1, 0.15) is 23.1 Å². The van der Waals surface area contributed by atoms with Crippen molar-refractivity contribution in [1.29, 1.82) is 0 Å². The minimum Gasteiger partial charge on any atom is -0.496 e. The minimum atomic E-state index is -4.75. The predicted octanol–water partition coefficient (Wildman–Crippen LogP) is 5.54. The molecule has 0 aliphatic rings. The number of rotatable bonds is 10. The highest BCUT2D eigenvalue weighted by atomic mass is 19.4. The van der Waals surface area contributed by atoms with Crippen LogP contribution in [-0.4, -0.2) is 36.6 Å². The number of halogens is 3. The molecule has 35 heavy (non-hydrogen) atoms. The van der Waals surface area contributed by atoms with Crippen LogP contribution in [0, 0.1) is 5.92 Å². The van der Waals surface area contributed by atoms with Crippen molar-refractivity contribution in [3.63, 3.8) is 0 Å². The van der Waals surface area contributed by atoms with Crippen LogP contribution in [0.15, 0.2) is 54.7 Å². The number of hydrogen-bond acceptors (Lipinski definition) is 6. The SMILES string of the molecule is COc1cc(-c2ccc(NCc3cccc(OC(F)(F)F)c3)nc2)cc(OC)c1CC(C)C(=O)O. The fourth-order valence-electron chi connectivity index (χ4n) is 3.46. The fourth-order valence-corrected chi connectivity index (χ4v) is 3.46. The van der Waals surface area contributed by atoms with Crippen LogP contribution >= 0.6 is 0 Å². The van der Waals surface area contributed by atoms with Gasteiger partial charge in [-0.05, 0) is 53.9 Å². The highest BCUT2D eigenvalue weighted by Gasteiger charge is 2.31. The standard InChI is InChI=1S/C25H25F3N2O5/c1-15(24(31)32)9-20-21(33-2)11-18(12-22(20)34-3)17-7-8-23(30-14-17)29-13-16-5-4-6-19(10-16)35-25(26,27)28/h4-8,10-12,14-15H,9,13H2,1-3H3,(H,29,30)(H,31,32). The molecule has 1 aromatic heterocycles. The quantitative estimate of drug-likeness (QED) is 0.386. The molecule has 1 atom stereocenters. The van der Waals surface area contributed by atoms with E-state index < -0.39 is 18.2 Å². The Balaban J connectivity index is 1.75. The van der Waals surface area contributed by atoms with Gasteiger partial charge in [-0.25, -0.2) is 4.98 Å². The zero-order valence-corrected chi connectivity index (χ0v) is 19.3. The van der Waals surface area contributed by atoms with Gasteiger partial charge in [-0.1, -0.05) is 19.1 Å². The molecule has 0 fully saturated rings. The van der Waals surface area contributed by atoms with Gasteiger partial charge in [0.2, 0.25) is 0 Å². The molecule has 0 aliphatic carbocycles. The molecule has 0 saturated heterocycles. The number of carbonyl (C=O) groups is 1. The summed E-state index contributed by atoms with van der Waals surface area (Å²) in [7, 11) is 3.01. The monoisotopic (exact) mass is 490 g/mol. The molecule has 3 rings (SSSR count). The molecule has 1 unspecified atom stereocenters. The molecule has 0 amide bonds. The Labute approximate surface area is 200 Å². The van der Waals surface area contributed by atoms with Crippen LogP contribution in [0.4, 0.5) is 19.0 Å². The smallest absolute Gasteiger partial charge is 0.496 e. The van der Waals surface area contributed by atoms with E-state index >= 15 is 0 Å². The number of ether oxygens (including phenoxy) is 3. The number of anilines is 1. The van der Waals surface area contributed by atoms with E-state index in [2.05, 4.69) is 15.0 Å². The van der Waals surface area contributed by atoms with Crippen molar-refractivity contribution in [3.8, 4) is 28.4 Å². The average molecular weight is 490 g/mol. The molecule has 3 aromatic rings. The number of carboxylic acid groups (broad SMARTS) is 1. The lowest BCUT2D eigenvalue weighted by molar-refractivity contribution is -0.274. The lowest BCUT2D eigenvalue weighted by atomic mass is 9.96. The van der Waals surface area contributed by atoms with E-state index in [-0.39, 0.29) is 18.7 Å². The summed E-state index contributed by atoms with van der Waals surface area (Å²) >= 11 is 0. The van der Waals surface area contributed by atoms with E-state index in [4.69, 9.17) is 9.47 Å². The second-order valence-electron chi connectivity index (χ2n) is 7.78. The molecule has 0 aliphatic heterocycles. The van der Waals surface area contributed by atoms with E-state index in [9.17, 15) is 23.1 Å². The van der Waals surface area contributed by atoms with Gasteiger partial charge in [0.05, 0.1) is 20.1 Å². The highest BCUT2D eigenvalue weighted by molar-refractivity contribution is 5.72. The molecule has 0 saturated carbocycles. The van der Waals surface area contributed by atoms with E-state index in [1.165, 1.54) is 32.4 Å². The molecule has 0 bridgehead atoms. The first-order chi connectivity index (χ1) is 16.6. The van der Waals surface area contributed by atoms with Gasteiger partial charge in [-0.2, -0.15) is 0 Å². The maximum Gasteiger partial charge on any atom is 0.573 e. The van der Waals surface area contributed by atoms with Crippen molar-refractivity contribution in [3.05, 3.63) is 65.9 Å². The van der Waals surface area contributed by atoms with Gasteiger partial charge < -0.3 is 24.6 Å². The number of hydrogen-bond donors (Lipinski definition) is 2. The summed E-state index contributed by atoms with van der Waals surface area (Å²) in [5, 5.41) is 12.3. The van der Waals surface area contributed by atoms with E-state index in [1.807, 2.05) is 6.07 Å². The number of pyridine rings is 1. The number of methoxy groups -OCH3 is 2. The molecular formula is C25H25F3N2O5. The number of aromatic nitrogens is 1. The summed E-state index contributed by atoms with van der Waals surface area (Å²) in [5.41, 5.74) is 2.79. The van der Waals surface area contributed by atoms with Crippen LogP contribution in [0.2, 0.25) is 0 Å². The number of benzene rings is 2. The summed E-state index contributed by atoms with van der Waals surface area (Å²) in [5.74, 6) is -0.265. The maximum atomic E-state index is 12.4. The molecule has 7 nitrogen and oxygen atoms in total. The van der Waals surface area contributed by atoms with Crippen molar-refractivity contribution in [2.75, 3.05) is 19.5 Å². The van der Waals surface area contributed by atoms with Gasteiger partial charge in [-0.15, -0.1) is 13.2 Å². The third kappa shape index (κ3) is 7.02. The molecule has 2 N–H and O–H groups in total. The first-order valence-corrected chi connectivity index (χ1v) is 10.6. The normalized spacial score (nSPS) is 12.1. The minimum absolute atomic E-state index is 0.248. The van der Waals surface area contributed by atoms with Crippen LogP contribution in [0.25, 0.3) is 11.1 Å². The Hall–Kier alpha value is -3.95. The van der Waals surface area contributed by atoms with Crippen molar-refractivity contribution in [2.45, 2.75) is 26.3 Å². The van der Waals surface area contributed by atoms with Gasteiger partial charge in [0.15, 0.2) is 0 Å². The van der Waals surface area contributed by atoms with Crippen LogP contribution in [0.1, 0.15) is 18.1 Å². The average Bonchev–Trinajstić information content (AvgIpc) is 2.82. The van der Waals surface area contributed by atoms with E-state index in [1.54, 1.807) is 37.4 Å². The predicted molar refractivity (Wildman–Crippen MR) is 124 cm³/mol. The van der Waals surface area contributed by atoms with Gasteiger partial charge in [0.25, 0.3) is 0 Å².